The van der Waals surface area contributed by atoms with Gasteiger partial charge in [-0.1, -0.05) is 185 Å². The van der Waals surface area contributed by atoms with Gasteiger partial charge in [0.05, 0.1) is 33.5 Å². The first-order valence-electron chi connectivity index (χ1n) is 23.3. The summed E-state index contributed by atoms with van der Waals surface area (Å²) in [4.78, 5) is 10.7. The molecule has 0 fully saturated rings. The third-order valence-corrected chi connectivity index (χ3v) is 13.8. The minimum atomic E-state index is -0.120. The van der Waals surface area contributed by atoms with E-state index in [-0.39, 0.29) is 5.41 Å². The number of hydrogen-bond acceptors (Lipinski definition) is 2. The van der Waals surface area contributed by atoms with Crippen LogP contribution in [-0.2, 0) is 5.41 Å². The second-order valence-corrected chi connectivity index (χ2v) is 18.1. The second-order valence-electron chi connectivity index (χ2n) is 18.1. The smallest absolute Gasteiger partial charge is 0.235 e. The molecular formula is C63H48N4. The Morgan fingerprint density at radius 3 is 1.69 bits per heavy atom. The Balaban J connectivity index is 0.00000113. The summed E-state index contributed by atoms with van der Waals surface area (Å²) in [5, 5.41) is 7.31. The van der Waals surface area contributed by atoms with Gasteiger partial charge in [-0.05, 0) is 99.1 Å². The zero-order valence-corrected chi connectivity index (χ0v) is 37.9. The Morgan fingerprint density at radius 1 is 0.433 bits per heavy atom. The minimum absolute atomic E-state index is 0.120. The van der Waals surface area contributed by atoms with E-state index in [1.54, 1.807) is 0 Å². The van der Waals surface area contributed by atoms with Gasteiger partial charge in [0.25, 0.3) is 0 Å². The van der Waals surface area contributed by atoms with Crippen LogP contribution in [0.5, 0.6) is 0 Å². The molecule has 320 valence electrons. The van der Waals surface area contributed by atoms with Crippen LogP contribution in [0.15, 0.2) is 219 Å². The number of fused-ring (bicyclic) bond motifs is 11. The van der Waals surface area contributed by atoms with Gasteiger partial charge >= 0.3 is 0 Å². The van der Waals surface area contributed by atoms with Gasteiger partial charge in [0, 0.05) is 43.8 Å². The van der Waals surface area contributed by atoms with E-state index in [0.717, 1.165) is 62.0 Å². The van der Waals surface area contributed by atoms with Gasteiger partial charge < -0.3 is 4.57 Å². The van der Waals surface area contributed by atoms with Crippen molar-refractivity contribution in [3.8, 4) is 56.4 Å². The van der Waals surface area contributed by atoms with Gasteiger partial charge in [-0.3, -0.25) is 4.57 Å². The van der Waals surface area contributed by atoms with Gasteiger partial charge in [0.2, 0.25) is 5.95 Å². The van der Waals surface area contributed by atoms with E-state index >= 15 is 0 Å². The highest BCUT2D eigenvalue weighted by Gasteiger charge is 2.36. The normalized spacial score (nSPS) is 12.6. The first-order chi connectivity index (χ1) is 32.9. The maximum atomic E-state index is 5.33. The molecule has 67 heavy (non-hydrogen) atoms. The summed E-state index contributed by atoms with van der Waals surface area (Å²) in [6.45, 7) is 10.3. The van der Waals surface area contributed by atoms with Gasteiger partial charge in [-0.25, -0.2) is 9.97 Å². The topological polar surface area (TPSA) is 35.6 Å². The molecule has 0 spiro atoms. The lowest BCUT2D eigenvalue weighted by molar-refractivity contribution is 0.661. The zero-order chi connectivity index (χ0) is 45.2. The fraction of sp³-hybridized carbons (Fsp3) is 0.0794. The highest BCUT2D eigenvalue weighted by Crippen LogP contribution is 2.52. The van der Waals surface area contributed by atoms with Crippen molar-refractivity contribution < 1.29 is 0 Å². The number of aromatic nitrogens is 4. The van der Waals surface area contributed by atoms with Crippen molar-refractivity contribution in [2.24, 2.45) is 0 Å². The Bertz CT molecular complexity index is 3820. The largest absolute Gasteiger partial charge is 0.309 e. The first kappa shape index (κ1) is 40.2. The lowest BCUT2D eigenvalue weighted by atomic mass is 9.82. The third-order valence-electron chi connectivity index (χ3n) is 13.8. The lowest BCUT2D eigenvalue weighted by Crippen LogP contribution is -2.14. The lowest BCUT2D eigenvalue weighted by Gasteiger charge is -2.21. The molecule has 0 saturated carbocycles. The SMILES string of the molecule is C=CCC.CC1(C)c2ccccc2-c2cc3c4c5ccccc5c(-c5ccc6c7ccccc7n(-c7nc(-c8ccccc8)cc(-c8ccccc8)n7)c6c5)cc4n(-c4ccccc4)c3cc21. The molecule has 0 atom stereocenters. The molecule has 12 aromatic rings. The highest BCUT2D eigenvalue weighted by molar-refractivity contribution is 6.25. The summed E-state index contributed by atoms with van der Waals surface area (Å²) < 4.78 is 4.75. The Labute approximate surface area is 390 Å². The first-order valence-corrected chi connectivity index (χ1v) is 23.3. The molecule has 1 aliphatic carbocycles. The van der Waals surface area contributed by atoms with Crippen LogP contribution >= 0.6 is 0 Å². The van der Waals surface area contributed by atoms with E-state index in [2.05, 4.69) is 231 Å². The van der Waals surface area contributed by atoms with Gasteiger partial charge in [0.1, 0.15) is 0 Å². The number of hydrogen-bond donors (Lipinski definition) is 0. The molecule has 0 radical (unpaired) electrons. The monoisotopic (exact) mass is 860 g/mol. The van der Waals surface area contributed by atoms with Crippen molar-refractivity contribution in [3.05, 3.63) is 230 Å². The van der Waals surface area contributed by atoms with Crippen molar-refractivity contribution >= 4 is 54.4 Å². The number of allylic oxidation sites excluding steroid dienone is 1. The van der Waals surface area contributed by atoms with Crippen molar-refractivity contribution in [1.82, 2.24) is 19.1 Å². The molecule has 0 N–H and O–H groups in total. The average molecular weight is 861 g/mol. The molecule has 0 bridgehead atoms. The molecule has 0 aliphatic heterocycles. The summed E-state index contributed by atoms with van der Waals surface area (Å²) in [6.07, 6.45) is 2.96. The summed E-state index contributed by atoms with van der Waals surface area (Å²) >= 11 is 0. The summed E-state index contributed by atoms with van der Waals surface area (Å²) in [7, 11) is 0. The number of benzene rings is 9. The predicted molar refractivity (Wildman–Crippen MR) is 283 cm³/mol. The molecule has 0 unspecified atom stereocenters. The molecule has 1 aliphatic rings. The average Bonchev–Trinajstić information content (AvgIpc) is 3.98. The molecular weight excluding hydrogens is 813 g/mol. The Morgan fingerprint density at radius 2 is 1.00 bits per heavy atom. The second kappa shape index (κ2) is 16.0. The van der Waals surface area contributed by atoms with E-state index in [0.29, 0.717) is 5.95 Å². The Kier molecular flexibility index (Phi) is 9.58. The standard InChI is InChI=1S/C59H40N4.C4H8/c1-59(2)49-28-16-14-25-42(49)47-33-48-55(35-50(47)59)62(40-22-10-5-11-23-40)56-34-46(41-24-12-13-27-45(41)57(48)56)39-30-31-44-43-26-15-17-29-53(43)63(54(44)32-39)58-60-51(37-18-6-3-7-19-37)36-52(61-58)38-20-8-4-9-21-38;1-3-4-2/h3-36H,1-2H3;3H,1,4H2,2H3. The number of rotatable bonds is 6. The molecule has 0 amide bonds. The summed E-state index contributed by atoms with van der Waals surface area (Å²) in [6, 6.07) is 74.7. The van der Waals surface area contributed by atoms with Crippen molar-refractivity contribution in [2.75, 3.05) is 0 Å². The van der Waals surface area contributed by atoms with Crippen molar-refractivity contribution in [1.29, 1.82) is 0 Å². The van der Waals surface area contributed by atoms with Crippen LogP contribution in [0.25, 0.3) is 111 Å². The molecule has 0 saturated heterocycles. The van der Waals surface area contributed by atoms with Gasteiger partial charge in [0.15, 0.2) is 0 Å². The molecule has 3 heterocycles. The van der Waals surface area contributed by atoms with Crippen molar-refractivity contribution in [2.45, 2.75) is 32.6 Å². The van der Waals surface area contributed by atoms with Crippen LogP contribution < -0.4 is 0 Å². The van der Waals surface area contributed by atoms with Gasteiger partial charge in [-0.2, -0.15) is 0 Å². The van der Waals surface area contributed by atoms with E-state index in [4.69, 9.17) is 9.97 Å². The third kappa shape index (κ3) is 6.43. The molecule has 3 aromatic heterocycles. The number of nitrogens with zero attached hydrogens (tertiary/aromatic N) is 4. The molecule has 9 aromatic carbocycles. The summed E-state index contributed by atoms with van der Waals surface area (Å²) in [5.41, 5.74) is 17.1. The van der Waals surface area contributed by atoms with Gasteiger partial charge in [-0.15, -0.1) is 6.58 Å². The minimum Gasteiger partial charge on any atom is -0.309 e. The Hall–Kier alpha value is -8.34. The van der Waals surface area contributed by atoms with Crippen LogP contribution in [0, 0.1) is 0 Å². The van der Waals surface area contributed by atoms with Crippen LogP contribution in [0.2, 0.25) is 0 Å². The van der Waals surface area contributed by atoms with Crippen LogP contribution in [0.3, 0.4) is 0 Å². The van der Waals surface area contributed by atoms with E-state index in [1.807, 2.05) is 18.2 Å². The van der Waals surface area contributed by atoms with Crippen molar-refractivity contribution in [3.63, 3.8) is 0 Å². The maximum Gasteiger partial charge on any atom is 0.235 e. The van der Waals surface area contributed by atoms with Crippen LogP contribution in [0.4, 0.5) is 0 Å². The molecule has 4 heteroatoms. The maximum absolute atomic E-state index is 5.33. The van der Waals surface area contributed by atoms with E-state index in [9.17, 15) is 0 Å². The quantitative estimate of drug-likeness (QED) is 0.156. The highest BCUT2D eigenvalue weighted by atomic mass is 15.2. The molecule has 4 nitrogen and oxygen atoms in total. The fourth-order valence-corrected chi connectivity index (χ4v) is 10.6. The van der Waals surface area contributed by atoms with Crippen LogP contribution in [-0.4, -0.2) is 19.1 Å². The summed E-state index contributed by atoms with van der Waals surface area (Å²) in [5.74, 6) is 0.639. The predicted octanol–water partition coefficient (Wildman–Crippen LogP) is 16.7. The van der Waals surface area contributed by atoms with E-state index in [1.165, 1.54) is 60.4 Å². The fourth-order valence-electron chi connectivity index (χ4n) is 10.6. The van der Waals surface area contributed by atoms with E-state index < -0.39 is 0 Å². The number of para-hydroxylation sites is 2. The molecule has 13 rings (SSSR count). The van der Waals surface area contributed by atoms with Crippen LogP contribution in [0.1, 0.15) is 38.3 Å². The zero-order valence-electron chi connectivity index (χ0n) is 37.9.